The van der Waals surface area contributed by atoms with Crippen LogP contribution in [0.15, 0.2) is 36.5 Å². The summed E-state index contributed by atoms with van der Waals surface area (Å²) in [6.45, 7) is 3.59. The van der Waals surface area contributed by atoms with Crippen molar-refractivity contribution < 1.29 is 23.0 Å². The topological polar surface area (TPSA) is 79.8 Å². The van der Waals surface area contributed by atoms with Crippen molar-refractivity contribution in [2.24, 2.45) is 0 Å². The molecule has 2 fully saturated rings. The molecule has 33 heavy (non-hydrogen) atoms. The number of hydrogen-bond donors (Lipinski definition) is 1. The van der Waals surface area contributed by atoms with E-state index in [1.165, 1.54) is 24.3 Å². The molecule has 3 aromatic rings. The average molecular weight is 455 g/mol. The molecule has 0 bridgehead atoms. The third-order valence-electron chi connectivity index (χ3n) is 6.00. The summed E-state index contributed by atoms with van der Waals surface area (Å²) in [5.74, 6) is -0.403. The van der Waals surface area contributed by atoms with E-state index < -0.39 is 11.9 Å². The zero-order chi connectivity index (χ0) is 23.1. The van der Waals surface area contributed by atoms with Crippen molar-refractivity contribution >= 4 is 28.5 Å². The zero-order valence-corrected chi connectivity index (χ0v) is 18.2. The number of anilines is 2. The van der Waals surface area contributed by atoms with E-state index in [1.54, 1.807) is 31.2 Å². The standard InChI is InChI=1S/C23H23F2N5O3/c1-13-3-4-15(7-17(13)24)30-12-16(33-23(30)31)8-26-14-10-29(11-14)22-18(25)9-27-19-5-6-20(32-2)28-21(19)22/h3-7,9,14,16,26H,8,10-12H2,1-2H3/t16-/m1/s1. The second-order valence-corrected chi connectivity index (χ2v) is 8.24. The lowest BCUT2D eigenvalue weighted by Gasteiger charge is -2.42. The fourth-order valence-electron chi connectivity index (χ4n) is 4.10. The lowest BCUT2D eigenvalue weighted by molar-refractivity contribution is 0.137. The highest BCUT2D eigenvalue weighted by Crippen LogP contribution is 2.32. The molecule has 0 radical (unpaired) electrons. The molecular weight excluding hydrogens is 432 g/mol. The Hall–Kier alpha value is -3.53. The van der Waals surface area contributed by atoms with E-state index in [0.29, 0.717) is 60.0 Å². The van der Waals surface area contributed by atoms with E-state index in [4.69, 9.17) is 9.47 Å². The minimum Gasteiger partial charge on any atom is -0.481 e. The smallest absolute Gasteiger partial charge is 0.414 e. The maximum absolute atomic E-state index is 14.6. The maximum atomic E-state index is 14.6. The van der Waals surface area contributed by atoms with E-state index in [0.717, 1.165) is 0 Å². The van der Waals surface area contributed by atoms with E-state index in [9.17, 15) is 13.6 Å². The number of carbonyl (C=O) groups excluding carboxylic acids is 1. The SMILES string of the molecule is COc1ccc2ncc(F)c(N3CC(NC[C@@H]4CN(c5ccc(C)c(F)c5)C(=O)O4)C3)c2n1. The van der Waals surface area contributed by atoms with Crippen molar-refractivity contribution in [3.63, 3.8) is 0 Å². The number of aromatic nitrogens is 2. The van der Waals surface area contributed by atoms with Crippen molar-refractivity contribution in [1.29, 1.82) is 0 Å². The highest BCUT2D eigenvalue weighted by Gasteiger charge is 2.35. The molecule has 5 rings (SSSR count). The number of nitrogens with one attached hydrogen (secondary N) is 1. The van der Waals surface area contributed by atoms with Gasteiger partial charge in [-0.1, -0.05) is 6.07 Å². The van der Waals surface area contributed by atoms with E-state index >= 15 is 0 Å². The second-order valence-electron chi connectivity index (χ2n) is 8.24. The van der Waals surface area contributed by atoms with Crippen molar-refractivity contribution in [1.82, 2.24) is 15.3 Å². The molecule has 0 unspecified atom stereocenters. The minimum absolute atomic E-state index is 0.0998. The molecule has 0 spiro atoms. The molecule has 0 saturated carbocycles. The van der Waals surface area contributed by atoms with Gasteiger partial charge in [0.1, 0.15) is 23.1 Å². The van der Waals surface area contributed by atoms with E-state index in [-0.39, 0.29) is 18.0 Å². The van der Waals surface area contributed by atoms with Crippen LogP contribution in [-0.4, -0.2) is 61.5 Å². The van der Waals surface area contributed by atoms with Gasteiger partial charge in [-0.3, -0.25) is 9.88 Å². The molecule has 2 aromatic heterocycles. The van der Waals surface area contributed by atoms with Gasteiger partial charge in [0.2, 0.25) is 5.88 Å². The summed E-state index contributed by atoms with van der Waals surface area (Å²) >= 11 is 0. The molecule has 2 aliphatic rings. The van der Waals surface area contributed by atoms with Crippen LogP contribution in [-0.2, 0) is 4.74 Å². The number of benzene rings is 1. The minimum atomic E-state index is -0.495. The number of nitrogens with zero attached hydrogens (tertiary/aromatic N) is 4. The molecule has 0 aliphatic carbocycles. The predicted molar refractivity (Wildman–Crippen MR) is 119 cm³/mol. The lowest BCUT2D eigenvalue weighted by atomic mass is 10.1. The summed E-state index contributed by atoms with van der Waals surface area (Å²) in [6.07, 6.45) is 0.346. The highest BCUT2D eigenvalue weighted by atomic mass is 19.1. The number of fused-ring (bicyclic) bond motifs is 1. The van der Waals surface area contributed by atoms with Gasteiger partial charge in [0.25, 0.3) is 0 Å². The number of pyridine rings is 2. The lowest BCUT2D eigenvalue weighted by Crippen LogP contribution is -2.59. The maximum Gasteiger partial charge on any atom is 0.414 e. The van der Waals surface area contributed by atoms with Crippen molar-refractivity contribution in [3.05, 3.63) is 53.7 Å². The Bertz CT molecular complexity index is 1220. The first-order valence-electron chi connectivity index (χ1n) is 10.6. The van der Waals surface area contributed by atoms with Crippen LogP contribution in [0.25, 0.3) is 11.0 Å². The van der Waals surface area contributed by atoms with Crippen LogP contribution in [0.5, 0.6) is 5.88 Å². The molecule has 1 N–H and O–H groups in total. The van der Waals surface area contributed by atoms with Gasteiger partial charge >= 0.3 is 6.09 Å². The number of halogens is 2. The van der Waals surface area contributed by atoms with E-state index in [2.05, 4.69) is 15.3 Å². The summed E-state index contributed by atoms with van der Waals surface area (Å²) < 4.78 is 39.1. The summed E-state index contributed by atoms with van der Waals surface area (Å²) in [6, 6.07) is 8.22. The fraction of sp³-hybridized carbons (Fsp3) is 0.348. The number of amides is 1. The van der Waals surface area contributed by atoms with Gasteiger partial charge in [0.05, 0.1) is 31.1 Å². The van der Waals surface area contributed by atoms with Gasteiger partial charge in [0.15, 0.2) is 5.82 Å². The van der Waals surface area contributed by atoms with E-state index in [1.807, 2.05) is 4.90 Å². The van der Waals surface area contributed by atoms with Crippen molar-refractivity contribution in [2.75, 3.05) is 43.1 Å². The Morgan fingerprint density at radius 2 is 2.00 bits per heavy atom. The fourth-order valence-corrected chi connectivity index (χ4v) is 4.10. The van der Waals surface area contributed by atoms with Gasteiger partial charge in [-0.15, -0.1) is 0 Å². The number of carbonyl (C=O) groups is 1. The number of hydrogen-bond acceptors (Lipinski definition) is 7. The zero-order valence-electron chi connectivity index (χ0n) is 18.2. The quantitative estimate of drug-likeness (QED) is 0.612. The Kier molecular flexibility index (Phi) is 5.45. The largest absolute Gasteiger partial charge is 0.481 e. The first kappa shape index (κ1) is 21.3. The Balaban J connectivity index is 1.19. The summed E-state index contributed by atoms with van der Waals surface area (Å²) in [7, 11) is 1.51. The molecule has 1 amide bonds. The summed E-state index contributed by atoms with van der Waals surface area (Å²) in [5.41, 5.74) is 2.44. The molecule has 2 aliphatic heterocycles. The molecule has 1 atom stereocenters. The highest BCUT2D eigenvalue weighted by molar-refractivity contribution is 5.90. The first-order valence-corrected chi connectivity index (χ1v) is 10.6. The summed E-state index contributed by atoms with van der Waals surface area (Å²) in [4.78, 5) is 24.0. The van der Waals surface area contributed by atoms with Gasteiger partial charge in [-0.05, 0) is 30.7 Å². The van der Waals surface area contributed by atoms with Crippen LogP contribution in [0.2, 0.25) is 0 Å². The summed E-state index contributed by atoms with van der Waals surface area (Å²) in [5, 5.41) is 3.36. The van der Waals surface area contributed by atoms with Crippen LogP contribution >= 0.6 is 0 Å². The number of methoxy groups -OCH3 is 1. The van der Waals surface area contributed by atoms with Crippen LogP contribution in [0.1, 0.15) is 5.56 Å². The third kappa shape index (κ3) is 4.02. The van der Waals surface area contributed by atoms with Crippen LogP contribution in [0.4, 0.5) is 25.0 Å². The van der Waals surface area contributed by atoms with Crippen LogP contribution < -0.4 is 19.9 Å². The van der Waals surface area contributed by atoms with Gasteiger partial charge in [-0.2, -0.15) is 0 Å². The monoisotopic (exact) mass is 455 g/mol. The predicted octanol–water partition coefficient (Wildman–Crippen LogP) is 3.03. The van der Waals surface area contributed by atoms with Crippen LogP contribution in [0.3, 0.4) is 0 Å². The Morgan fingerprint density at radius 1 is 1.18 bits per heavy atom. The Morgan fingerprint density at radius 3 is 2.76 bits per heavy atom. The number of aryl methyl sites for hydroxylation is 1. The number of cyclic esters (lactones) is 1. The van der Waals surface area contributed by atoms with Crippen molar-refractivity contribution in [2.45, 2.75) is 19.1 Å². The molecule has 8 nitrogen and oxygen atoms in total. The molecule has 2 saturated heterocycles. The van der Waals surface area contributed by atoms with Gasteiger partial charge < -0.3 is 19.7 Å². The molecular formula is C23H23F2N5O3. The second kappa shape index (κ2) is 8.43. The van der Waals surface area contributed by atoms with Crippen LogP contribution in [0, 0.1) is 18.6 Å². The number of rotatable bonds is 6. The van der Waals surface area contributed by atoms with Gasteiger partial charge in [0, 0.05) is 31.7 Å². The molecule has 10 heteroatoms. The number of ether oxygens (including phenoxy) is 2. The van der Waals surface area contributed by atoms with Gasteiger partial charge in [-0.25, -0.2) is 18.6 Å². The van der Waals surface area contributed by atoms with Crippen molar-refractivity contribution in [3.8, 4) is 5.88 Å². The normalized spacial score (nSPS) is 18.5. The molecule has 4 heterocycles. The molecule has 1 aromatic carbocycles. The first-order chi connectivity index (χ1) is 15.9. The average Bonchev–Trinajstić information content (AvgIpc) is 3.15. The Labute approximate surface area is 189 Å². The third-order valence-corrected chi connectivity index (χ3v) is 6.00. The molecule has 172 valence electrons.